The van der Waals surface area contributed by atoms with E-state index in [0.717, 1.165) is 11.1 Å². The molecule has 152 valence electrons. The zero-order valence-corrected chi connectivity index (χ0v) is 18.1. The standard InChI is InChI=1S/C20H24F2N4O.HI/c1-23-20(24-13-15-2-5-17(21)6-3-15)25-14-16-4-7-19(18(22)12-16)26-8-10-27-11-9-26;/h2-7,12H,8-11,13-14H2,1H3,(H2,23,24,25);1H. The summed E-state index contributed by atoms with van der Waals surface area (Å²) in [7, 11) is 1.67. The summed E-state index contributed by atoms with van der Waals surface area (Å²) in [6.45, 7) is 3.62. The Morgan fingerprint density at radius 3 is 2.21 bits per heavy atom. The summed E-state index contributed by atoms with van der Waals surface area (Å²) in [5, 5.41) is 6.31. The summed E-state index contributed by atoms with van der Waals surface area (Å²) in [6.07, 6.45) is 0. The summed E-state index contributed by atoms with van der Waals surface area (Å²) in [5.41, 5.74) is 2.38. The van der Waals surface area contributed by atoms with Gasteiger partial charge in [0.15, 0.2) is 5.96 Å². The van der Waals surface area contributed by atoms with E-state index in [1.165, 1.54) is 12.1 Å². The number of nitrogens with zero attached hydrogens (tertiary/aromatic N) is 2. The minimum atomic E-state index is -0.260. The number of rotatable bonds is 5. The van der Waals surface area contributed by atoms with E-state index in [9.17, 15) is 8.78 Å². The van der Waals surface area contributed by atoms with Gasteiger partial charge in [-0.1, -0.05) is 18.2 Å². The van der Waals surface area contributed by atoms with Crippen LogP contribution in [0.5, 0.6) is 0 Å². The summed E-state index contributed by atoms with van der Waals surface area (Å²) in [4.78, 5) is 6.15. The van der Waals surface area contributed by atoms with E-state index in [-0.39, 0.29) is 35.6 Å². The highest BCUT2D eigenvalue weighted by molar-refractivity contribution is 14.0. The van der Waals surface area contributed by atoms with Gasteiger partial charge in [-0.25, -0.2) is 8.78 Å². The van der Waals surface area contributed by atoms with Crippen LogP contribution in [0, 0.1) is 11.6 Å². The Bertz CT molecular complexity index is 780. The van der Waals surface area contributed by atoms with Gasteiger partial charge in [-0.15, -0.1) is 24.0 Å². The molecule has 1 heterocycles. The van der Waals surface area contributed by atoms with Crippen molar-refractivity contribution < 1.29 is 13.5 Å². The zero-order valence-electron chi connectivity index (χ0n) is 15.8. The highest BCUT2D eigenvalue weighted by atomic mass is 127. The molecule has 0 amide bonds. The van der Waals surface area contributed by atoms with Crippen LogP contribution < -0.4 is 15.5 Å². The molecule has 2 aromatic carbocycles. The number of nitrogens with one attached hydrogen (secondary N) is 2. The van der Waals surface area contributed by atoms with Crippen molar-refractivity contribution >= 4 is 35.6 Å². The molecule has 0 atom stereocenters. The molecule has 0 radical (unpaired) electrons. The van der Waals surface area contributed by atoms with Crippen molar-refractivity contribution in [2.75, 3.05) is 38.3 Å². The highest BCUT2D eigenvalue weighted by Gasteiger charge is 2.15. The third kappa shape index (κ3) is 6.30. The van der Waals surface area contributed by atoms with Gasteiger partial charge in [0.25, 0.3) is 0 Å². The van der Waals surface area contributed by atoms with Gasteiger partial charge >= 0.3 is 0 Å². The maximum atomic E-state index is 14.5. The first-order valence-corrected chi connectivity index (χ1v) is 8.96. The number of morpholine rings is 1. The molecule has 0 spiro atoms. The van der Waals surface area contributed by atoms with Crippen molar-refractivity contribution in [3.05, 3.63) is 65.2 Å². The molecule has 5 nitrogen and oxygen atoms in total. The molecule has 8 heteroatoms. The van der Waals surface area contributed by atoms with Gasteiger partial charge in [0.2, 0.25) is 0 Å². The molecule has 0 unspecified atom stereocenters. The number of hydrogen-bond acceptors (Lipinski definition) is 3. The lowest BCUT2D eigenvalue weighted by molar-refractivity contribution is 0.122. The first-order valence-electron chi connectivity index (χ1n) is 8.96. The Morgan fingerprint density at radius 1 is 1.00 bits per heavy atom. The third-order valence-corrected chi connectivity index (χ3v) is 4.42. The fraction of sp³-hybridized carbons (Fsp3) is 0.350. The van der Waals surface area contributed by atoms with Gasteiger partial charge in [-0.05, 0) is 35.4 Å². The van der Waals surface area contributed by atoms with Gasteiger partial charge in [-0.3, -0.25) is 4.99 Å². The van der Waals surface area contributed by atoms with Crippen LogP contribution in [0.2, 0.25) is 0 Å². The van der Waals surface area contributed by atoms with E-state index >= 15 is 0 Å². The normalized spacial score (nSPS) is 14.4. The maximum absolute atomic E-state index is 14.5. The van der Waals surface area contributed by atoms with Crippen molar-refractivity contribution in [1.82, 2.24) is 10.6 Å². The fourth-order valence-corrected chi connectivity index (χ4v) is 2.92. The largest absolute Gasteiger partial charge is 0.378 e. The smallest absolute Gasteiger partial charge is 0.191 e. The van der Waals surface area contributed by atoms with Crippen LogP contribution in [0.15, 0.2) is 47.5 Å². The second-order valence-corrected chi connectivity index (χ2v) is 6.29. The van der Waals surface area contributed by atoms with E-state index < -0.39 is 0 Å². The molecule has 2 N–H and O–H groups in total. The number of ether oxygens (including phenoxy) is 1. The van der Waals surface area contributed by atoms with Crippen LogP contribution >= 0.6 is 24.0 Å². The minimum Gasteiger partial charge on any atom is -0.378 e. The number of hydrogen-bond donors (Lipinski definition) is 2. The molecule has 2 aromatic rings. The fourth-order valence-electron chi connectivity index (χ4n) is 2.92. The predicted molar refractivity (Wildman–Crippen MR) is 118 cm³/mol. The Balaban J connectivity index is 0.00000280. The number of guanidine groups is 1. The van der Waals surface area contributed by atoms with Crippen LogP contribution in [-0.2, 0) is 17.8 Å². The summed E-state index contributed by atoms with van der Waals surface area (Å²) in [5.74, 6) is 0.103. The first kappa shape index (κ1) is 22.4. The van der Waals surface area contributed by atoms with Crippen LogP contribution in [0.1, 0.15) is 11.1 Å². The molecular weight excluding hydrogens is 477 g/mol. The van der Waals surface area contributed by atoms with Gasteiger partial charge in [0.05, 0.1) is 18.9 Å². The van der Waals surface area contributed by atoms with Gasteiger partial charge in [0.1, 0.15) is 11.6 Å². The lowest BCUT2D eigenvalue weighted by Crippen LogP contribution is -2.37. The third-order valence-electron chi connectivity index (χ3n) is 4.42. The molecule has 0 aliphatic carbocycles. The molecular formula is C20H25F2IN4O. The van der Waals surface area contributed by atoms with Crippen LogP contribution in [0.3, 0.4) is 0 Å². The van der Waals surface area contributed by atoms with E-state index in [1.807, 2.05) is 17.0 Å². The van der Waals surface area contributed by atoms with Crippen LogP contribution in [-0.4, -0.2) is 39.3 Å². The number of halogens is 3. The molecule has 0 aromatic heterocycles. The minimum absolute atomic E-state index is 0. The van der Waals surface area contributed by atoms with Crippen molar-refractivity contribution in [3.63, 3.8) is 0 Å². The predicted octanol–water partition coefficient (Wildman–Crippen LogP) is 3.28. The zero-order chi connectivity index (χ0) is 19.1. The second kappa shape index (κ2) is 11.2. The first-order chi connectivity index (χ1) is 13.2. The average Bonchev–Trinajstić information content (AvgIpc) is 2.70. The van der Waals surface area contributed by atoms with Crippen molar-refractivity contribution in [2.24, 2.45) is 4.99 Å². The average molecular weight is 502 g/mol. The van der Waals surface area contributed by atoms with E-state index in [2.05, 4.69) is 15.6 Å². The summed E-state index contributed by atoms with van der Waals surface area (Å²) >= 11 is 0. The van der Waals surface area contributed by atoms with Crippen molar-refractivity contribution in [2.45, 2.75) is 13.1 Å². The van der Waals surface area contributed by atoms with Gasteiger partial charge < -0.3 is 20.3 Å². The van der Waals surface area contributed by atoms with Crippen molar-refractivity contribution in [1.29, 1.82) is 0 Å². The Morgan fingerprint density at radius 2 is 1.61 bits per heavy atom. The van der Waals surface area contributed by atoms with Crippen LogP contribution in [0.25, 0.3) is 0 Å². The lowest BCUT2D eigenvalue weighted by Gasteiger charge is -2.29. The molecule has 1 aliphatic heterocycles. The topological polar surface area (TPSA) is 48.9 Å². The van der Waals surface area contributed by atoms with Crippen LogP contribution in [0.4, 0.5) is 14.5 Å². The molecule has 1 saturated heterocycles. The molecule has 1 aliphatic rings. The summed E-state index contributed by atoms with van der Waals surface area (Å²) < 4.78 is 32.7. The second-order valence-electron chi connectivity index (χ2n) is 6.29. The number of aliphatic imine (C=N–C) groups is 1. The molecule has 3 rings (SSSR count). The van der Waals surface area contributed by atoms with E-state index in [1.54, 1.807) is 25.2 Å². The molecule has 1 fully saturated rings. The molecule has 0 bridgehead atoms. The van der Waals surface area contributed by atoms with Gasteiger partial charge in [-0.2, -0.15) is 0 Å². The summed E-state index contributed by atoms with van der Waals surface area (Å²) in [6, 6.07) is 11.5. The van der Waals surface area contributed by atoms with Crippen molar-refractivity contribution in [3.8, 4) is 0 Å². The monoisotopic (exact) mass is 502 g/mol. The van der Waals surface area contributed by atoms with E-state index in [4.69, 9.17) is 4.74 Å². The number of benzene rings is 2. The molecule has 28 heavy (non-hydrogen) atoms. The lowest BCUT2D eigenvalue weighted by atomic mass is 10.1. The Labute approximate surface area is 181 Å². The molecule has 0 saturated carbocycles. The quantitative estimate of drug-likeness (QED) is 0.375. The van der Waals surface area contributed by atoms with Gasteiger partial charge in [0, 0.05) is 33.2 Å². The SMILES string of the molecule is CN=C(NCc1ccc(F)cc1)NCc1ccc(N2CCOCC2)c(F)c1.I. The maximum Gasteiger partial charge on any atom is 0.191 e. The number of anilines is 1. The highest BCUT2D eigenvalue weighted by Crippen LogP contribution is 2.21. The van der Waals surface area contributed by atoms with E-state index in [0.29, 0.717) is 51.0 Å². The Kier molecular flexibility index (Phi) is 8.91. The Hall–Kier alpha value is -1.94.